The minimum absolute atomic E-state index is 0.103. The van der Waals surface area contributed by atoms with Gasteiger partial charge >= 0.3 is 0 Å². The Morgan fingerprint density at radius 3 is 2.58 bits per heavy atom. The zero-order valence-electron chi connectivity index (χ0n) is 15.5. The molecule has 1 amide bonds. The Kier molecular flexibility index (Phi) is 6.19. The number of anilines is 1. The van der Waals surface area contributed by atoms with Gasteiger partial charge in [0.2, 0.25) is 10.0 Å². The molecule has 2 N–H and O–H groups in total. The lowest BCUT2D eigenvalue weighted by Crippen LogP contribution is -2.36. The molecule has 0 saturated heterocycles. The maximum atomic E-state index is 12.4. The fraction of sp³-hybridized carbons (Fsp3) is 0.632. The molecule has 1 saturated carbocycles. The van der Waals surface area contributed by atoms with Crippen molar-refractivity contribution in [2.75, 3.05) is 30.2 Å². The molecule has 1 aliphatic carbocycles. The molecule has 0 aromatic heterocycles. The van der Waals surface area contributed by atoms with Crippen molar-refractivity contribution in [3.8, 4) is 0 Å². The van der Waals surface area contributed by atoms with Crippen molar-refractivity contribution < 1.29 is 13.2 Å². The van der Waals surface area contributed by atoms with Gasteiger partial charge in [-0.2, -0.15) is 0 Å². The summed E-state index contributed by atoms with van der Waals surface area (Å²) in [5.74, 6) is -0.103. The van der Waals surface area contributed by atoms with Gasteiger partial charge in [0.1, 0.15) is 0 Å². The highest BCUT2D eigenvalue weighted by molar-refractivity contribution is 7.92. The molecule has 1 aromatic carbocycles. The second-order valence-corrected chi connectivity index (χ2v) is 9.23. The van der Waals surface area contributed by atoms with Gasteiger partial charge in [-0.1, -0.05) is 25.7 Å². The van der Waals surface area contributed by atoms with Gasteiger partial charge in [-0.25, -0.2) is 8.42 Å². The van der Waals surface area contributed by atoms with E-state index in [-0.39, 0.29) is 5.91 Å². The number of carbonyl (C=O) groups is 1. The molecule has 1 aliphatic heterocycles. The maximum absolute atomic E-state index is 12.4. The van der Waals surface area contributed by atoms with E-state index in [1.54, 1.807) is 12.1 Å². The van der Waals surface area contributed by atoms with E-state index in [1.807, 2.05) is 6.07 Å². The summed E-state index contributed by atoms with van der Waals surface area (Å²) in [5, 5.41) is 6.50. The average molecular weight is 380 g/mol. The standard InChI is InChI=1S/C19H29N3O3S/c1-26(24,25)22-13-10-15-14-16(8-9-18(15)22)19(23)21-12-11-20-17-6-4-2-3-5-7-17/h8-9,14,17,20H,2-7,10-13H2,1H3,(H,21,23). The van der Waals surface area contributed by atoms with Crippen LogP contribution in [0.4, 0.5) is 5.69 Å². The molecule has 0 unspecified atom stereocenters. The largest absolute Gasteiger partial charge is 0.351 e. The SMILES string of the molecule is CS(=O)(=O)N1CCc2cc(C(=O)NCCNC3CCCCCC3)ccc21. The highest BCUT2D eigenvalue weighted by Gasteiger charge is 2.26. The van der Waals surface area contributed by atoms with E-state index < -0.39 is 10.0 Å². The Morgan fingerprint density at radius 2 is 1.88 bits per heavy atom. The zero-order chi connectivity index (χ0) is 18.6. The normalized spacial score (nSPS) is 18.4. The summed E-state index contributed by atoms with van der Waals surface area (Å²) in [6.45, 7) is 1.83. The van der Waals surface area contributed by atoms with Crippen molar-refractivity contribution in [2.24, 2.45) is 0 Å². The molecule has 0 spiro atoms. The first-order valence-corrected chi connectivity index (χ1v) is 11.4. The predicted molar refractivity (Wildman–Crippen MR) is 104 cm³/mol. The molecule has 0 atom stereocenters. The van der Waals surface area contributed by atoms with Crippen molar-refractivity contribution in [2.45, 2.75) is 51.0 Å². The van der Waals surface area contributed by atoms with Gasteiger partial charge < -0.3 is 10.6 Å². The Balaban J connectivity index is 1.50. The van der Waals surface area contributed by atoms with Crippen LogP contribution in [0.1, 0.15) is 54.4 Å². The molecular formula is C19H29N3O3S. The van der Waals surface area contributed by atoms with E-state index >= 15 is 0 Å². The first-order valence-electron chi connectivity index (χ1n) is 9.57. The van der Waals surface area contributed by atoms with Gasteiger partial charge in [0.15, 0.2) is 0 Å². The van der Waals surface area contributed by atoms with Gasteiger partial charge in [0, 0.05) is 31.2 Å². The number of carbonyl (C=O) groups excluding carboxylic acids is 1. The Bertz CT molecular complexity index is 740. The summed E-state index contributed by atoms with van der Waals surface area (Å²) in [5.41, 5.74) is 2.20. The Hall–Kier alpha value is -1.60. The van der Waals surface area contributed by atoms with Crippen LogP contribution in [0, 0.1) is 0 Å². The van der Waals surface area contributed by atoms with E-state index in [1.165, 1.54) is 49.1 Å². The summed E-state index contributed by atoms with van der Waals surface area (Å²) in [7, 11) is -3.26. The first kappa shape index (κ1) is 19.2. The quantitative estimate of drug-likeness (QED) is 0.586. The number of benzene rings is 1. The molecule has 1 heterocycles. The summed E-state index contributed by atoms with van der Waals surface area (Å²) in [6, 6.07) is 5.84. The minimum Gasteiger partial charge on any atom is -0.351 e. The molecule has 1 fully saturated rings. The molecule has 144 valence electrons. The second-order valence-electron chi connectivity index (χ2n) is 7.33. The van der Waals surface area contributed by atoms with Crippen molar-refractivity contribution in [3.63, 3.8) is 0 Å². The molecule has 7 heteroatoms. The van der Waals surface area contributed by atoms with Gasteiger partial charge in [-0.05, 0) is 43.0 Å². The topological polar surface area (TPSA) is 78.5 Å². The van der Waals surface area contributed by atoms with E-state index in [4.69, 9.17) is 0 Å². The molecule has 2 aliphatic rings. The van der Waals surface area contributed by atoms with Crippen LogP contribution in [0.2, 0.25) is 0 Å². The highest BCUT2D eigenvalue weighted by Crippen LogP contribution is 2.30. The van der Waals surface area contributed by atoms with Crippen molar-refractivity contribution >= 4 is 21.6 Å². The lowest BCUT2D eigenvalue weighted by atomic mass is 10.1. The zero-order valence-corrected chi connectivity index (χ0v) is 16.3. The molecule has 0 bridgehead atoms. The summed E-state index contributed by atoms with van der Waals surface area (Å²) < 4.78 is 25.0. The van der Waals surface area contributed by atoms with Crippen LogP contribution in [-0.2, 0) is 16.4 Å². The first-order chi connectivity index (χ1) is 12.4. The smallest absolute Gasteiger partial charge is 0.251 e. The number of fused-ring (bicyclic) bond motifs is 1. The van der Waals surface area contributed by atoms with Gasteiger partial charge in [0.05, 0.1) is 11.9 Å². The van der Waals surface area contributed by atoms with Crippen LogP contribution in [0.5, 0.6) is 0 Å². The van der Waals surface area contributed by atoms with Gasteiger partial charge in [-0.3, -0.25) is 9.10 Å². The van der Waals surface area contributed by atoms with E-state index in [2.05, 4.69) is 10.6 Å². The van der Waals surface area contributed by atoms with Crippen LogP contribution in [0.15, 0.2) is 18.2 Å². The summed E-state index contributed by atoms with van der Waals surface area (Å²) in [6.07, 6.45) is 9.59. The van der Waals surface area contributed by atoms with Crippen molar-refractivity contribution in [1.29, 1.82) is 0 Å². The van der Waals surface area contributed by atoms with Crippen LogP contribution < -0.4 is 14.9 Å². The number of hydrogen-bond donors (Lipinski definition) is 2. The van der Waals surface area contributed by atoms with E-state index in [0.29, 0.717) is 36.8 Å². The van der Waals surface area contributed by atoms with Crippen LogP contribution in [0.25, 0.3) is 0 Å². The monoisotopic (exact) mass is 379 g/mol. The van der Waals surface area contributed by atoms with Gasteiger partial charge in [0.25, 0.3) is 5.91 Å². The number of rotatable bonds is 6. The third kappa shape index (κ3) is 4.76. The Labute approximate surface area is 156 Å². The molecule has 6 nitrogen and oxygen atoms in total. The highest BCUT2D eigenvalue weighted by atomic mass is 32.2. The third-order valence-corrected chi connectivity index (χ3v) is 6.47. The molecule has 1 aromatic rings. The third-order valence-electron chi connectivity index (χ3n) is 5.29. The number of amides is 1. The van der Waals surface area contributed by atoms with E-state index in [0.717, 1.165) is 12.1 Å². The number of sulfonamides is 1. The predicted octanol–water partition coefficient (Wildman–Crippen LogP) is 2.05. The lowest BCUT2D eigenvalue weighted by molar-refractivity contribution is 0.0953. The number of hydrogen-bond acceptors (Lipinski definition) is 4. The van der Waals surface area contributed by atoms with Crippen molar-refractivity contribution in [1.82, 2.24) is 10.6 Å². The molecule has 26 heavy (non-hydrogen) atoms. The van der Waals surface area contributed by atoms with Crippen molar-refractivity contribution in [3.05, 3.63) is 29.3 Å². The average Bonchev–Trinajstić information content (AvgIpc) is 2.87. The van der Waals surface area contributed by atoms with Crippen LogP contribution in [-0.4, -0.2) is 46.3 Å². The number of nitrogens with one attached hydrogen (secondary N) is 2. The second kappa shape index (κ2) is 8.39. The van der Waals surface area contributed by atoms with Gasteiger partial charge in [-0.15, -0.1) is 0 Å². The van der Waals surface area contributed by atoms with Crippen LogP contribution >= 0.6 is 0 Å². The summed E-state index contributed by atoms with van der Waals surface area (Å²) in [4.78, 5) is 12.4. The van der Waals surface area contributed by atoms with Crippen LogP contribution in [0.3, 0.4) is 0 Å². The fourth-order valence-corrected chi connectivity index (χ4v) is 4.85. The maximum Gasteiger partial charge on any atom is 0.251 e. The summed E-state index contributed by atoms with van der Waals surface area (Å²) >= 11 is 0. The van der Waals surface area contributed by atoms with E-state index in [9.17, 15) is 13.2 Å². The minimum atomic E-state index is -3.26. The number of nitrogens with zero attached hydrogens (tertiary/aromatic N) is 1. The fourth-order valence-electron chi connectivity index (χ4n) is 3.90. The molecule has 3 rings (SSSR count). The lowest BCUT2D eigenvalue weighted by Gasteiger charge is -2.17. The molecule has 0 radical (unpaired) electrons. The Morgan fingerprint density at radius 1 is 1.15 bits per heavy atom. The molecular weight excluding hydrogens is 350 g/mol.